The lowest BCUT2D eigenvalue weighted by Crippen LogP contribution is -2.43. The summed E-state index contributed by atoms with van der Waals surface area (Å²) in [5.41, 5.74) is 5.52. The Labute approximate surface area is 92.9 Å². The molecule has 0 spiro atoms. The summed E-state index contributed by atoms with van der Waals surface area (Å²) in [5, 5.41) is -0.398. The molecular weight excluding hydrogens is 212 g/mol. The van der Waals surface area contributed by atoms with Crippen molar-refractivity contribution in [2.45, 2.75) is 50.8 Å². The van der Waals surface area contributed by atoms with Crippen LogP contribution in [0.2, 0.25) is 0 Å². The van der Waals surface area contributed by atoms with Crippen molar-refractivity contribution in [2.24, 2.45) is 5.73 Å². The molecule has 0 radical (unpaired) electrons. The van der Waals surface area contributed by atoms with Crippen molar-refractivity contribution in [2.75, 3.05) is 13.1 Å². The topological polar surface area (TPSA) is 63.4 Å². The first-order valence-electron chi connectivity index (χ1n) is 5.78. The highest BCUT2D eigenvalue weighted by Crippen LogP contribution is 2.31. The second kappa shape index (κ2) is 5.27. The van der Waals surface area contributed by atoms with Crippen LogP contribution in [-0.2, 0) is 10.0 Å². The van der Waals surface area contributed by atoms with Crippen LogP contribution in [-0.4, -0.2) is 37.1 Å². The van der Waals surface area contributed by atoms with Crippen LogP contribution in [0.1, 0.15) is 39.5 Å². The van der Waals surface area contributed by atoms with E-state index >= 15 is 0 Å². The van der Waals surface area contributed by atoms with E-state index < -0.39 is 15.3 Å². The molecule has 5 heteroatoms. The molecule has 1 rings (SSSR count). The Kier molecular flexibility index (Phi) is 4.55. The summed E-state index contributed by atoms with van der Waals surface area (Å²) in [7, 11) is -3.15. The number of nitrogens with zero attached hydrogens (tertiary/aromatic N) is 1. The van der Waals surface area contributed by atoms with Gasteiger partial charge in [-0.1, -0.05) is 13.8 Å². The van der Waals surface area contributed by atoms with Crippen LogP contribution in [0.4, 0.5) is 0 Å². The van der Waals surface area contributed by atoms with E-state index in [-0.39, 0.29) is 12.6 Å². The van der Waals surface area contributed by atoms with Gasteiger partial charge in [0.1, 0.15) is 0 Å². The third-order valence-corrected chi connectivity index (χ3v) is 5.37. The highest BCUT2D eigenvalue weighted by atomic mass is 32.2. The first-order valence-corrected chi connectivity index (χ1v) is 7.28. The fraction of sp³-hybridized carbons (Fsp3) is 1.00. The summed E-state index contributed by atoms with van der Waals surface area (Å²) < 4.78 is 26.1. The molecule has 0 heterocycles. The SMILES string of the molecule is CCCN(C1CC1)S(=O)(=O)C(CC)CN. The molecule has 4 nitrogen and oxygen atoms in total. The Morgan fingerprint density at radius 1 is 1.40 bits per heavy atom. The third kappa shape index (κ3) is 2.92. The van der Waals surface area contributed by atoms with E-state index in [1.165, 1.54) is 0 Å². The molecule has 1 saturated carbocycles. The van der Waals surface area contributed by atoms with Crippen LogP contribution < -0.4 is 5.73 Å². The first-order chi connectivity index (χ1) is 7.07. The van der Waals surface area contributed by atoms with Gasteiger partial charge >= 0.3 is 0 Å². The van der Waals surface area contributed by atoms with Gasteiger partial charge in [0.15, 0.2) is 0 Å². The zero-order valence-corrected chi connectivity index (χ0v) is 10.5. The van der Waals surface area contributed by atoms with Crippen molar-refractivity contribution in [1.82, 2.24) is 4.31 Å². The number of nitrogens with two attached hydrogens (primary N) is 1. The van der Waals surface area contributed by atoms with E-state index in [9.17, 15) is 8.42 Å². The zero-order chi connectivity index (χ0) is 11.5. The Hall–Kier alpha value is -0.130. The molecule has 0 aromatic carbocycles. The van der Waals surface area contributed by atoms with E-state index in [0.29, 0.717) is 13.0 Å². The zero-order valence-electron chi connectivity index (χ0n) is 9.65. The summed E-state index contributed by atoms with van der Waals surface area (Å²) in [6, 6.07) is 0.260. The largest absolute Gasteiger partial charge is 0.329 e. The van der Waals surface area contributed by atoms with Crippen LogP contribution in [0.15, 0.2) is 0 Å². The van der Waals surface area contributed by atoms with Crippen molar-refractivity contribution in [1.29, 1.82) is 0 Å². The summed E-state index contributed by atoms with van der Waals surface area (Å²) in [4.78, 5) is 0. The monoisotopic (exact) mass is 234 g/mol. The van der Waals surface area contributed by atoms with Gasteiger partial charge in [-0.05, 0) is 25.7 Å². The predicted molar refractivity (Wildman–Crippen MR) is 62.1 cm³/mol. The number of sulfonamides is 1. The van der Waals surface area contributed by atoms with Crippen molar-refractivity contribution in [3.05, 3.63) is 0 Å². The number of hydrogen-bond acceptors (Lipinski definition) is 3. The maximum absolute atomic E-state index is 12.2. The van der Waals surface area contributed by atoms with Crippen molar-refractivity contribution in [3.63, 3.8) is 0 Å². The summed E-state index contributed by atoms with van der Waals surface area (Å²) >= 11 is 0. The lowest BCUT2D eigenvalue weighted by atomic mass is 10.3. The molecule has 1 aliphatic rings. The summed E-state index contributed by atoms with van der Waals surface area (Å²) in [6.45, 7) is 4.76. The lowest BCUT2D eigenvalue weighted by molar-refractivity contribution is 0.394. The van der Waals surface area contributed by atoms with Gasteiger partial charge in [0, 0.05) is 19.1 Å². The smallest absolute Gasteiger partial charge is 0.218 e. The molecule has 0 aromatic rings. The van der Waals surface area contributed by atoms with Crippen LogP contribution in [0, 0.1) is 0 Å². The van der Waals surface area contributed by atoms with Crippen LogP contribution in [0.5, 0.6) is 0 Å². The molecule has 1 atom stereocenters. The minimum atomic E-state index is -3.15. The molecule has 15 heavy (non-hydrogen) atoms. The Bertz CT molecular complexity index is 282. The maximum atomic E-state index is 12.2. The lowest BCUT2D eigenvalue weighted by Gasteiger charge is -2.25. The van der Waals surface area contributed by atoms with Crippen LogP contribution >= 0.6 is 0 Å². The fourth-order valence-corrected chi connectivity index (χ4v) is 3.90. The minimum Gasteiger partial charge on any atom is -0.329 e. The van der Waals surface area contributed by atoms with Gasteiger partial charge in [-0.25, -0.2) is 8.42 Å². The molecular formula is C10H22N2O2S. The summed E-state index contributed by atoms with van der Waals surface area (Å²) in [6.07, 6.45) is 3.50. The van der Waals surface area contributed by atoms with E-state index in [1.807, 2.05) is 13.8 Å². The second-order valence-corrected chi connectivity index (χ2v) is 6.32. The second-order valence-electron chi connectivity index (χ2n) is 4.15. The van der Waals surface area contributed by atoms with E-state index in [0.717, 1.165) is 19.3 Å². The molecule has 1 aliphatic carbocycles. The molecule has 1 fully saturated rings. The molecule has 90 valence electrons. The van der Waals surface area contributed by atoms with Gasteiger partial charge in [0.25, 0.3) is 0 Å². The Morgan fingerprint density at radius 3 is 2.33 bits per heavy atom. The predicted octanol–water partition coefficient (Wildman–Crippen LogP) is 0.928. The average molecular weight is 234 g/mol. The summed E-state index contributed by atoms with van der Waals surface area (Å²) in [5.74, 6) is 0. The molecule has 0 aromatic heterocycles. The van der Waals surface area contributed by atoms with Gasteiger partial charge in [0.2, 0.25) is 10.0 Å². The highest BCUT2D eigenvalue weighted by Gasteiger charge is 2.39. The fourth-order valence-electron chi connectivity index (χ4n) is 1.79. The van der Waals surface area contributed by atoms with Crippen LogP contribution in [0.3, 0.4) is 0 Å². The maximum Gasteiger partial charge on any atom is 0.218 e. The van der Waals surface area contributed by atoms with Gasteiger partial charge in [-0.2, -0.15) is 4.31 Å². The number of rotatable bonds is 7. The molecule has 0 saturated heterocycles. The normalized spacial score (nSPS) is 19.5. The molecule has 0 amide bonds. The van der Waals surface area contributed by atoms with E-state index in [1.54, 1.807) is 4.31 Å². The standard InChI is InChI=1S/C10H22N2O2S/c1-3-7-12(9-5-6-9)15(13,14)10(4-2)8-11/h9-10H,3-8,11H2,1-2H3. The Morgan fingerprint density at radius 2 is 2.00 bits per heavy atom. The minimum absolute atomic E-state index is 0.228. The Balaban J connectivity index is 2.79. The van der Waals surface area contributed by atoms with Crippen molar-refractivity contribution < 1.29 is 8.42 Å². The van der Waals surface area contributed by atoms with Gasteiger partial charge in [-0.15, -0.1) is 0 Å². The van der Waals surface area contributed by atoms with E-state index in [4.69, 9.17) is 5.73 Å². The molecule has 2 N–H and O–H groups in total. The third-order valence-electron chi connectivity index (χ3n) is 2.86. The van der Waals surface area contributed by atoms with Gasteiger partial charge < -0.3 is 5.73 Å². The van der Waals surface area contributed by atoms with Gasteiger partial charge in [0.05, 0.1) is 5.25 Å². The van der Waals surface area contributed by atoms with Crippen LogP contribution in [0.25, 0.3) is 0 Å². The van der Waals surface area contributed by atoms with Crippen molar-refractivity contribution in [3.8, 4) is 0 Å². The molecule has 0 bridgehead atoms. The molecule has 1 unspecified atom stereocenters. The first kappa shape index (κ1) is 12.9. The quantitative estimate of drug-likeness (QED) is 0.712. The van der Waals surface area contributed by atoms with Crippen molar-refractivity contribution >= 4 is 10.0 Å². The number of hydrogen-bond donors (Lipinski definition) is 1. The highest BCUT2D eigenvalue weighted by molar-refractivity contribution is 7.89. The van der Waals surface area contributed by atoms with E-state index in [2.05, 4.69) is 0 Å². The average Bonchev–Trinajstić information content (AvgIpc) is 2.98. The van der Waals surface area contributed by atoms with Gasteiger partial charge in [-0.3, -0.25) is 0 Å². The molecule has 0 aliphatic heterocycles.